The predicted octanol–water partition coefficient (Wildman–Crippen LogP) is 1.53. The van der Waals surface area contributed by atoms with Gasteiger partial charge in [-0.3, -0.25) is 0 Å². The molecule has 0 aromatic carbocycles. The zero-order chi connectivity index (χ0) is 10.8. The quantitative estimate of drug-likeness (QED) is 0.512. The lowest BCUT2D eigenvalue weighted by atomic mass is 10.3. The van der Waals surface area contributed by atoms with Crippen molar-refractivity contribution in [2.75, 3.05) is 32.8 Å². The van der Waals surface area contributed by atoms with Crippen molar-refractivity contribution in [3.05, 3.63) is 0 Å². The van der Waals surface area contributed by atoms with Gasteiger partial charge in [-0.1, -0.05) is 0 Å². The summed E-state index contributed by atoms with van der Waals surface area (Å²) in [5.74, 6) is 0. The second kappa shape index (κ2) is 9.13. The van der Waals surface area contributed by atoms with Crippen LogP contribution in [0.2, 0.25) is 0 Å². The van der Waals surface area contributed by atoms with Crippen LogP contribution in [-0.4, -0.2) is 38.9 Å². The molecule has 0 saturated heterocycles. The van der Waals surface area contributed by atoms with E-state index in [-0.39, 0.29) is 0 Å². The second-order valence-electron chi connectivity index (χ2n) is 4.24. The Hall–Kier alpha value is -0.120. The lowest BCUT2D eigenvalue weighted by Crippen LogP contribution is -2.24. The Balaban J connectivity index is 1.62. The molecule has 3 heteroatoms. The maximum absolute atomic E-state index is 5.27. The van der Waals surface area contributed by atoms with Gasteiger partial charge in [-0.05, 0) is 58.7 Å². The van der Waals surface area contributed by atoms with E-state index in [0.29, 0.717) is 0 Å². The fourth-order valence-electron chi connectivity index (χ4n) is 1.53. The number of hydrogen-bond donors (Lipinski definition) is 2. The van der Waals surface area contributed by atoms with E-state index in [0.717, 1.165) is 32.3 Å². The van der Waals surface area contributed by atoms with Crippen LogP contribution in [0, 0.1) is 0 Å². The molecule has 1 fully saturated rings. The van der Waals surface area contributed by atoms with Crippen molar-refractivity contribution in [2.45, 2.75) is 45.1 Å². The molecule has 0 atom stereocenters. The van der Waals surface area contributed by atoms with Crippen molar-refractivity contribution in [1.82, 2.24) is 10.6 Å². The number of unbranched alkanes of at least 4 members (excludes halogenated alkanes) is 1. The molecule has 90 valence electrons. The van der Waals surface area contributed by atoms with Crippen LogP contribution in [0.1, 0.15) is 39.0 Å². The van der Waals surface area contributed by atoms with Crippen LogP contribution in [0.5, 0.6) is 0 Å². The Morgan fingerprint density at radius 2 is 1.87 bits per heavy atom. The van der Waals surface area contributed by atoms with Gasteiger partial charge in [0.1, 0.15) is 0 Å². The van der Waals surface area contributed by atoms with Crippen molar-refractivity contribution < 1.29 is 4.74 Å². The Morgan fingerprint density at radius 1 is 1.07 bits per heavy atom. The van der Waals surface area contributed by atoms with E-state index in [9.17, 15) is 0 Å². The number of nitrogens with one attached hydrogen (secondary N) is 2. The third-order valence-corrected chi connectivity index (χ3v) is 2.64. The highest BCUT2D eigenvalue weighted by Gasteiger charge is 2.19. The van der Waals surface area contributed by atoms with E-state index in [1.54, 1.807) is 0 Å². The highest BCUT2D eigenvalue weighted by atomic mass is 16.5. The summed E-state index contributed by atoms with van der Waals surface area (Å²) in [5.41, 5.74) is 0. The van der Waals surface area contributed by atoms with Crippen molar-refractivity contribution >= 4 is 0 Å². The summed E-state index contributed by atoms with van der Waals surface area (Å²) in [6.45, 7) is 7.27. The van der Waals surface area contributed by atoms with E-state index in [2.05, 4.69) is 10.6 Å². The molecular formula is C12H26N2O. The topological polar surface area (TPSA) is 33.3 Å². The fourth-order valence-corrected chi connectivity index (χ4v) is 1.53. The van der Waals surface area contributed by atoms with Gasteiger partial charge in [-0.15, -0.1) is 0 Å². The third kappa shape index (κ3) is 8.85. The molecule has 1 saturated carbocycles. The van der Waals surface area contributed by atoms with E-state index in [1.807, 2.05) is 6.92 Å². The normalized spacial score (nSPS) is 15.8. The first-order valence-corrected chi connectivity index (χ1v) is 6.45. The second-order valence-corrected chi connectivity index (χ2v) is 4.24. The minimum absolute atomic E-state index is 0.847. The lowest BCUT2D eigenvalue weighted by Gasteiger charge is -2.05. The summed E-state index contributed by atoms with van der Waals surface area (Å²) in [6, 6.07) is 0.858. The third-order valence-electron chi connectivity index (χ3n) is 2.64. The molecule has 0 aromatic rings. The van der Waals surface area contributed by atoms with Crippen LogP contribution in [0.25, 0.3) is 0 Å². The van der Waals surface area contributed by atoms with Crippen LogP contribution in [0.15, 0.2) is 0 Å². The lowest BCUT2D eigenvalue weighted by molar-refractivity contribution is 0.143. The van der Waals surface area contributed by atoms with Crippen molar-refractivity contribution in [1.29, 1.82) is 0 Å². The molecule has 0 aliphatic heterocycles. The molecule has 0 spiro atoms. The van der Waals surface area contributed by atoms with E-state index in [4.69, 9.17) is 4.74 Å². The van der Waals surface area contributed by atoms with E-state index < -0.39 is 0 Å². The van der Waals surface area contributed by atoms with Crippen LogP contribution in [0.4, 0.5) is 0 Å². The minimum Gasteiger partial charge on any atom is -0.382 e. The van der Waals surface area contributed by atoms with E-state index in [1.165, 1.54) is 38.6 Å². The smallest absolute Gasteiger partial charge is 0.0466 e. The van der Waals surface area contributed by atoms with Crippen LogP contribution >= 0.6 is 0 Å². The molecule has 1 aliphatic carbocycles. The first-order valence-electron chi connectivity index (χ1n) is 6.45. The molecule has 0 amide bonds. The van der Waals surface area contributed by atoms with Crippen LogP contribution in [0.3, 0.4) is 0 Å². The first-order chi connectivity index (χ1) is 7.43. The summed E-state index contributed by atoms with van der Waals surface area (Å²) >= 11 is 0. The van der Waals surface area contributed by atoms with Gasteiger partial charge in [0.05, 0.1) is 0 Å². The molecule has 1 aliphatic rings. The van der Waals surface area contributed by atoms with Gasteiger partial charge >= 0.3 is 0 Å². The monoisotopic (exact) mass is 214 g/mol. The fraction of sp³-hybridized carbons (Fsp3) is 1.00. The van der Waals surface area contributed by atoms with Crippen molar-refractivity contribution in [3.8, 4) is 0 Å². The minimum atomic E-state index is 0.847. The Kier molecular flexibility index (Phi) is 7.88. The summed E-state index contributed by atoms with van der Waals surface area (Å²) in [5, 5.41) is 6.98. The standard InChI is InChI=1S/C12H26N2O/c1-2-15-11-4-3-8-13-9-5-10-14-12-6-7-12/h12-14H,2-11H2,1H3. The number of ether oxygens (including phenoxy) is 1. The number of hydrogen-bond acceptors (Lipinski definition) is 3. The average Bonchev–Trinajstić information content (AvgIpc) is 3.05. The molecule has 3 nitrogen and oxygen atoms in total. The maximum atomic E-state index is 5.27. The predicted molar refractivity (Wildman–Crippen MR) is 64.2 cm³/mol. The van der Waals surface area contributed by atoms with Crippen molar-refractivity contribution in [3.63, 3.8) is 0 Å². The summed E-state index contributed by atoms with van der Waals surface area (Å²) in [7, 11) is 0. The molecule has 0 radical (unpaired) electrons. The van der Waals surface area contributed by atoms with Crippen LogP contribution < -0.4 is 10.6 Å². The summed E-state index contributed by atoms with van der Waals surface area (Å²) < 4.78 is 5.27. The SMILES string of the molecule is CCOCCCCNCCCNC1CC1. The number of rotatable bonds is 11. The van der Waals surface area contributed by atoms with Gasteiger partial charge in [0, 0.05) is 19.3 Å². The van der Waals surface area contributed by atoms with Gasteiger partial charge in [-0.25, -0.2) is 0 Å². The van der Waals surface area contributed by atoms with Gasteiger partial charge in [0.25, 0.3) is 0 Å². The Labute approximate surface area is 94.0 Å². The first kappa shape index (κ1) is 12.9. The molecule has 0 unspecified atom stereocenters. The van der Waals surface area contributed by atoms with Gasteiger partial charge < -0.3 is 15.4 Å². The molecule has 0 aromatic heterocycles. The molecule has 0 heterocycles. The molecular weight excluding hydrogens is 188 g/mol. The Morgan fingerprint density at radius 3 is 2.60 bits per heavy atom. The summed E-state index contributed by atoms with van der Waals surface area (Å²) in [6.07, 6.45) is 6.45. The largest absolute Gasteiger partial charge is 0.382 e. The summed E-state index contributed by atoms with van der Waals surface area (Å²) in [4.78, 5) is 0. The van der Waals surface area contributed by atoms with Crippen molar-refractivity contribution in [2.24, 2.45) is 0 Å². The average molecular weight is 214 g/mol. The maximum Gasteiger partial charge on any atom is 0.0466 e. The molecule has 0 bridgehead atoms. The van der Waals surface area contributed by atoms with Gasteiger partial charge in [-0.2, -0.15) is 0 Å². The zero-order valence-corrected chi connectivity index (χ0v) is 10.1. The molecule has 15 heavy (non-hydrogen) atoms. The molecule has 1 rings (SSSR count). The molecule has 2 N–H and O–H groups in total. The zero-order valence-electron chi connectivity index (χ0n) is 10.1. The van der Waals surface area contributed by atoms with Gasteiger partial charge in [0.2, 0.25) is 0 Å². The Bertz CT molecular complexity index is 138. The highest BCUT2D eigenvalue weighted by molar-refractivity contribution is 4.80. The van der Waals surface area contributed by atoms with Gasteiger partial charge in [0.15, 0.2) is 0 Å². The van der Waals surface area contributed by atoms with E-state index >= 15 is 0 Å². The van der Waals surface area contributed by atoms with Crippen LogP contribution in [-0.2, 0) is 4.74 Å². The highest BCUT2D eigenvalue weighted by Crippen LogP contribution is 2.18.